The summed E-state index contributed by atoms with van der Waals surface area (Å²) in [5.74, 6) is 0. The fourth-order valence-electron chi connectivity index (χ4n) is 1.19. The average molecular weight is 256 g/mol. The van der Waals surface area contributed by atoms with Crippen molar-refractivity contribution in [1.82, 2.24) is 5.32 Å². The quantitative estimate of drug-likeness (QED) is 0.870. The van der Waals surface area contributed by atoms with Gasteiger partial charge in [-0.05, 0) is 45.2 Å². The zero-order chi connectivity index (χ0) is 12.9. The number of amides is 1. The minimum absolute atomic E-state index is 0.0203. The molecule has 0 aromatic carbocycles. The first kappa shape index (κ1) is 13.8. The van der Waals surface area contributed by atoms with Crippen molar-refractivity contribution in [3.8, 4) is 0 Å². The molecule has 0 saturated heterocycles. The monoisotopic (exact) mass is 256 g/mol. The SMILES string of the molecule is CC(CNc1cccs1)NC(=O)OC(C)(C)C. The van der Waals surface area contributed by atoms with Crippen LogP contribution in [0.4, 0.5) is 9.80 Å². The van der Waals surface area contributed by atoms with Crippen LogP contribution >= 0.6 is 11.3 Å². The highest BCUT2D eigenvalue weighted by Gasteiger charge is 2.17. The Morgan fingerprint density at radius 3 is 2.76 bits per heavy atom. The Labute approximate surface area is 106 Å². The van der Waals surface area contributed by atoms with Crippen LogP contribution in [0.15, 0.2) is 17.5 Å². The van der Waals surface area contributed by atoms with Gasteiger partial charge in [0.15, 0.2) is 0 Å². The molecule has 1 aromatic rings. The molecule has 1 heterocycles. The normalized spacial score (nSPS) is 12.9. The van der Waals surface area contributed by atoms with Gasteiger partial charge in [-0.25, -0.2) is 4.79 Å². The van der Waals surface area contributed by atoms with Crippen LogP contribution in [-0.4, -0.2) is 24.3 Å². The molecule has 17 heavy (non-hydrogen) atoms. The first-order valence-corrected chi connectivity index (χ1v) is 6.52. The van der Waals surface area contributed by atoms with E-state index >= 15 is 0 Å². The number of carbonyl (C=O) groups excluding carboxylic acids is 1. The van der Waals surface area contributed by atoms with Crippen molar-refractivity contribution in [3.63, 3.8) is 0 Å². The fourth-order valence-corrected chi connectivity index (χ4v) is 1.82. The molecule has 0 radical (unpaired) electrons. The van der Waals surface area contributed by atoms with Gasteiger partial charge in [0.2, 0.25) is 0 Å². The number of thiophene rings is 1. The van der Waals surface area contributed by atoms with Crippen LogP contribution in [0.3, 0.4) is 0 Å². The van der Waals surface area contributed by atoms with Crippen LogP contribution in [0.25, 0.3) is 0 Å². The molecule has 0 bridgehead atoms. The lowest BCUT2D eigenvalue weighted by Crippen LogP contribution is -2.40. The molecule has 1 atom stereocenters. The van der Waals surface area contributed by atoms with E-state index in [-0.39, 0.29) is 12.1 Å². The van der Waals surface area contributed by atoms with Gasteiger partial charge in [0.1, 0.15) is 5.60 Å². The predicted octanol–water partition coefficient (Wildman–Crippen LogP) is 3.07. The van der Waals surface area contributed by atoms with Gasteiger partial charge in [-0.15, -0.1) is 11.3 Å². The molecule has 0 aliphatic rings. The average Bonchev–Trinajstić information content (AvgIpc) is 2.63. The van der Waals surface area contributed by atoms with E-state index in [1.54, 1.807) is 11.3 Å². The van der Waals surface area contributed by atoms with Gasteiger partial charge in [-0.2, -0.15) is 0 Å². The highest BCUT2D eigenvalue weighted by atomic mass is 32.1. The lowest BCUT2D eigenvalue weighted by molar-refractivity contribution is 0.0511. The first-order chi connectivity index (χ1) is 7.87. The summed E-state index contributed by atoms with van der Waals surface area (Å²) in [5.41, 5.74) is -0.453. The number of hydrogen-bond acceptors (Lipinski definition) is 4. The molecule has 1 unspecified atom stereocenters. The second kappa shape index (κ2) is 5.91. The fraction of sp³-hybridized carbons (Fsp3) is 0.583. The molecule has 0 saturated carbocycles. The summed E-state index contributed by atoms with van der Waals surface area (Å²) < 4.78 is 5.17. The Morgan fingerprint density at radius 2 is 2.24 bits per heavy atom. The van der Waals surface area contributed by atoms with Crippen molar-refractivity contribution in [2.45, 2.75) is 39.3 Å². The smallest absolute Gasteiger partial charge is 0.407 e. The number of nitrogens with one attached hydrogen (secondary N) is 2. The van der Waals surface area contributed by atoms with Crippen LogP contribution < -0.4 is 10.6 Å². The Hall–Kier alpha value is -1.23. The highest BCUT2D eigenvalue weighted by molar-refractivity contribution is 7.14. The van der Waals surface area contributed by atoms with E-state index in [9.17, 15) is 4.79 Å². The van der Waals surface area contributed by atoms with E-state index in [0.717, 1.165) is 5.00 Å². The van der Waals surface area contributed by atoms with Crippen molar-refractivity contribution >= 4 is 22.4 Å². The molecule has 0 fully saturated rings. The summed E-state index contributed by atoms with van der Waals surface area (Å²) >= 11 is 1.64. The third-order valence-corrected chi connectivity index (χ3v) is 2.69. The zero-order valence-corrected chi connectivity index (χ0v) is 11.6. The minimum Gasteiger partial charge on any atom is -0.444 e. The van der Waals surface area contributed by atoms with Crippen molar-refractivity contribution in [3.05, 3.63) is 17.5 Å². The maximum atomic E-state index is 11.5. The Kier molecular flexibility index (Phi) is 4.81. The Morgan fingerprint density at radius 1 is 1.53 bits per heavy atom. The summed E-state index contributed by atoms with van der Waals surface area (Å²) in [6, 6.07) is 4.01. The largest absolute Gasteiger partial charge is 0.444 e. The summed E-state index contributed by atoms with van der Waals surface area (Å²) in [6.45, 7) is 8.16. The predicted molar refractivity (Wildman–Crippen MR) is 71.6 cm³/mol. The van der Waals surface area contributed by atoms with E-state index in [1.807, 2.05) is 45.2 Å². The van der Waals surface area contributed by atoms with Crippen molar-refractivity contribution in [1.29, 1.82) is 0 Å². The van der Waals surface area contributed by atoms with Gasteiger partial charge in [-0.3, -0.25) is 0 Å². The Bertz CT molecular complexity index is 344. The zero-order valence-electron chi connectivity index (χ0n) is 10.7. The number of anilines is 1. The molecular weight excluding hydrogens is 236 g/mol. The van der Waals surface area contributed by atoms with Crippen molar-refractivity contribution in [2.24, 2.45) is 0 Å². The maximum absolute atomic E-state index is 11.5. The van der Waals surface area contributed by atoms with E-state index in [0.29, 0.717) is 6.54 Å². The van der Waals surface area contributed by atoms with Gasteiger partial charge in [-0.1, -0.05) is 0 Å². The van der Waals surface area contributed by atoms with Gasteiger partial charge >= 0.3 is 6.09 Å². The van der Waals surface area contributed by atoms with Crippen molar-refractivity contribution in [2.75, 3.05) is 11.9 Å². The summed E-state index contributed by atoms with van der Waals surface area (Å²) in [6.07, 6.45) is -0.377. The highest BCUT2D eigenvalue weighted by Crippen LogP contribution is 2.14. The van der Waals surface area contributed by atoms with Crippen molar-refractivity contribution < 1.29 is 9.53 Å². The number of rotatable bonds is 4. The molecule has 0 aliphatic heterocycles. The molecule has 4 nitrogen and oxygen atoms in total. The van der Waals surface area contributed by atoms with E-state index in [1.165, 1.54) is 0 Å². The molecule has 1 rings (SSSR count). The number of carbonyl (C=O) groups is 1. The van der Waals surface area contributed by atoms with Gasteiger partial charge < -0.3 is 15.4 Å². The van der Waals surface area contributed by atoms with E-state index in [2.05, 4.69) is 10.6 Å². The minimum atomic E-state index is -0.453. The van der Waals surface area contributed by atoms with Gasteiger partial charge in [0.05, 0.1) is 5.00 Å². The van der Waals surface area contributed by atoms with E-state index in [4.69, 9.17) is 4.74 Å². The molecular formula is C12H20N2O2S. The first-order valence-electron chi connectivity index (χ1n) is 5.64. The van der Waals surface area contributed by atoms with Gasteiger partial charge in [0, 0.05) is 12.6 Å². The molecule has 0 spiro atoms. The molecule has 2 N–H and O–H groups in total. The van der Waals surface area contributed by atoms with Crippen LogP contribution in [0.5, 0.6) is 0 Å². The summed E-state index contributed by atoms with van der Waals surface area (Å²) in [7, 11) is 0. The van der Waals surface area contributed by atoms with Crippen LogP contribution in [0, 0.1) is 0 Å². The van der Waals surface area contributed by atoms with Gasteiger partial charge in [0.25, 0.3) is 0 Å². The summed E-state index contributed by atoms with van der Waals surface area (Å²) in [4.78, 5) is 11.5. The molecule has 1 amide bonds. The number of hydrogen-bond donors (Lipinski definition) is 2. The van der Waals surface area contributed by atoms with Crippen LogP contribution in [0.1, 0.15) is 27.7 Å². The molecule has 96 valence electrons. The molecule has 5 heteroatoms. The lowest BCUT2D eigenvalue weighted by Gasteiger charge is -2.22. The second-order valence-corrected chi connectivity index (χ2v) is 5.85. The third kappa shape index (κ3) is 6.16. The standard InChI is InChI=1S/C12H20N2O2S/c1-9(8-13-10-6-5-7-17-10)14-11(15)16-12(2,3)4/h5-7,9,13H,8H2,1-4H3,(H,14,15). The summed E-state index contributed by atoms with van der Waals surface area (Å²) in [5, 5.41) is 9.13. The maximum Gasteiger partial charge on any atom is 0.407 e. The Balaban J connectivity index is 2.25. The number of alkyl carbamates (subject to hydrolysis) is 1. The topological polar surface area (TPSA) is 50.4 Å². The molecule has 0 aliphatic carbocycles. The second-order valence-electron chi connectivity index (χ2n) is 4.91. The van der Waals surface area contributed by atoms with Crippen LogP contribution in [0.2, 0.25) is 0 Å². The van der Waals surface area contributed by atoms with Crippen LogP contribution in [-0.2, 0) is 4.74 Å². The van der Waals surface area contributed by atoms with E-state index < -0.39 is 5.60 Å². The molecule has 1 aromatic heterocycles. The number of ether oxygens (including phenoxy) is 1. The third-order valence-electron chi connectivity index (χ3n) is 1.87. The lowest BCUT2D eigenvalue weighted by atomic mass is 10.2.